The van der Waals surface area contributed by atoms with E-state index in [1.165, 1.54) is 38.2 Å². The third-order valence-electron chi connectivity index (χ3n) is 4.74. The van der Waals surface area contributed by atoms with Crippen LogP contribution in [0.2, 0.25) is 0 Å². The molecule has 0 spiro atoms. The van der Waals surface area contributed by atoms with E-state index in [1.54, 1.807) is 19.9 Å². The minimum Gasteiger partial charge on any atom is -0.446 e. The molecule has 0 amide bonds. The zero-order chi connectivity index (χ0) is 22.1. The van der Waals surface area contributed by atoms with E-state index in [1.807, 2.05) is 30.3 Å². The fourth-order valence-electron chi connectivity index (χ4n) is 3.20. The third-order valence-corrected chi connectivity index (χ3v) is 7.04. The highest BCUT2D eigenvalue weighted by molar-refractivity contribution is 7.54. The minimum atomic E-state index is -3.53. The van der Waals surface area contributed by atoms with Gasteiger partial charge in [-0.2, -0.15) is 0 Å². The van der Waals surface area contributed by atoms with Gasteiger partial charge in [-0.05, 0) is 38.3 Å². The van der Waals surface area contributed by atoms with E-state index in [2.05, 4.69) is 6.92 Å². The Labute approximate surface area is 182 Å². The molecule has 6 heteroatoms. The van der Waals surface area contributed by atoms with Crippen molar-refractivity contribution in [1.29, 1.82) is 0 Å². The van der Waals surface area contributed by atoms with Gasteiger partial charge in [-0.25, -0.2) is 4.79 Å². The van der Waals surface area contributed by atoms with E-state index in [9.17, 15) is 9.36 Å². The van der Waals surface area contributed by atoms with Gasteiger partial charge in [-0.3, -0.25) is 4.57 Å². The number of hydrogen-bond donors (Lipinski definition) is 0. The highest BCUT2D eigenvalue weighted by Gasteiger charge is 2.38. The summed E-state index contributed by atoms with van der Waals surface area (Å²) < 4.78 is 29.7. The van der Waals surface area contributed by atoms with E-state index in [-0.39, 0.29) is 13.2 Å². The Morgan fingerprint density at radius 2 is 1.47 bits per heavy atom. The molecule has 0 bridgehead atoms. The number of ether oxygens (including phenoxy) is 1. The normalized spacial score (nSPS) is 12.9. The fourth-order valence-corrected chi connectivity index (χ4v) is 5.06. The zero-order valence-corrected chi connectivity index (χ0v) is 19.8. The molecule has 1 aromatic rings. The molecule has 0 fully saturated rings. The Morgan fingerprint density at radius 3 is 2.03 bits per heavy atom. The maximum Gasteiger partial charge on any atom is 0.370 e. The molecule has 0 aliphatic rings. The van der Waals surface area contributed by atoms with Crippen LogP contribution >= 0.6 is 7.60 Å². The summed E-state index contributed by atoms with van der Waals surface area (Å²) in [7, 11) is -3.53. The second-order valence-corrected chi connectivity index (χ2v) is 9.45. The second-order valence-electron chi connectivity index (χ2n) is 7.27. The van der Waals surface area contributed by atoms with Crippen LogP contribution in [0.25, 0.3) is 6.08 Å². The average molecular weight is 439 g/mol. The Balaban J connectivity index is 2.64. The Hall–Kier alpha value is -1.42. The lowest BCUT2D eigenvalue weighted by molar-refractivity contribution is -0.140. The molecule has 1 unspecified atom stereocenters. The van der Waals surface area contributed by atoms with Crippen molar-refractivity contribution >= 4 is 19.6 Å². The van der Waals surface area contributed by atoms with Gasteiger partial charge in [-0.15, -0.1) is 0 Å². The van der Waals surface area contributed by atoms with E-state index < -0.39 is 19.4 Å². The zero-order valence-electron chi connectivity index (χ0n) is 18.9. The van der Waals surface area contributed by atoms with Crippen LogP contribution in [-0.2, 0) is 23.1 Å². The maximum absolute atomic E-state index is 13.2. The summed E-state index contributed by atoms with van der Waals surface area (Å²) in [5.41, 5.74) is 0.895. The van der Waals surface area contributed by atoms with Crippen LogP contribution in [0.3, 0.4) is 0 Å². The van der Waals surface area contributed by atoms with Gasteiger partial charge >= 0.3 is 13.6 Å². The molecule has 1 atom stereocenters. The lowest BCUT2D eigenvalue weighted by atomic mass is 10.1. The molecule has 30 heavy (non-hydrogen) atoms. The van der Waals surface area contributed by atoms with Gasteiger partial charge < -0.3 is 13.8 Å². The summed E-state index contributed by atoms with van der Waals surface area (Å²) >= 11 is 0. The quantitative estimate of drug-likeness (QED) is 0.110. The van der Waals surface area contributed by atoms with E-state index >= 15 is 0 Å². The van der Waals surface area contributed by atoms with Crippen molar-refractivity contribution in [3.63, 3.8) is 0 Å². The number of carbonyl (C=O) groups excluding carboxylic acids is 1. The Bertz CT molecular complexity index is 634. The summed E-state index contributed by atoms with van der Waals surface area (Å²) in [5.74, 6) is -1.42. The molecule has 0 N–H and O–H groups in total. The van der Waals surface area contributed by atoms with Crippen LogP contribution < -0.4 is 0 Å². The lowest BCUT2D eigenvalue weighted by Gasteiger charge is -2.25. The molecular weight excluding hydrogens is 399 g/mol. The number of hydrogen-bond acceptors (Lipinski definition) is 5. The maximum atomic E-state index is 13.2. The highest BCUT2D eigenvalue weighted by Crippen LogP contribution is 2.55. The third kappa shape index (κ3) is 11.1. The van der Waals surface area contributed by atoms with Crippen molar-refractivity contribution in [3.05, 3.63) is 42.0 Å². The minimum absolute atomic E-state index is 0.239. The first-order valence-corrected chi connectivity index (χ1v) is 13.0. The van der Waals surface area contributed by atoms with Crippen molar-refractivity contribution < 1.29 is 23.1 Å². The second kappa shape index (κ2) is 16.3. The van der Waals surface area contributed by atoms with Crippen molar-refractivity contribution in [2.24, 2.45) is 0 Å². The largest absolute Gasteiger partial charge is 0.446 e. The monoisotopic (exact) mass is 438 g/mol. The van der Waals surface area contributed by atoms with Crippen LogP contribution in [0.4, 0.5) is 0 Å². The predicted molar refractivity (Wildman–Crippen MR) is 123 cm³/mol. The van der Waals surface area contributed by atoms with E-state index in [0.717, 1.165) is 24.8 Å². The molecule has 0 saturated carbocycles. The van der Waals surface area contributed by atoms with Gasteiger partial charge in [-0.1, -0.05) is 82.2 Å². The van der Waals surface area contributed by atoms with Crippen molar-refractivity contribution in [2.75, 3.05) is 13.2 Å². The van der Waals surface area contributed by atoms with Crippen molar-refractivity contribution in [3.8, 4) is 0 Å². The molecule has 5 nitrogen and oxygen atoms in total. The number of esters is 1. The van der Waals surface area contributed by atoms with Crippen LogP contribution in [0, 0.1) is 0 Å². The molecule has 0 aromatic heterocycles. The first-order chi connectivity index (χ1) is 14.6. The van der Waals surface area contributed by atoms with Gasteiger partial charge in [0.2, 0.25) is 5.85 Å². The van der Waals surface area contributed by atoms with E-state index in [4.69, 9.17) is 13.8 Å². The van der Waals surface area contributed by atoms with Gasteiger partial charge in [0.1, 0.15) is 0 Å². The van der Waals surface area contributed by atoms with Gasteiger partial charge in [0.05, 0.1) is 13.2 Å². The summed E-state index contributed by atoms with van der Waals surface area (Å²) in [6.45, 7) is 6.21. The summed E-state index contributed by atoms with van der Waals surface area (Å²) in [4.78, 5) is 12.4. The topological polar surface area (TPSA) is 61.8 Å². The summed E-state index contributed by atoms with van der Waals surface area (Å²) in [6.07, 6.45) is 12.8. The number of benzene rings is 1. The molecule has 0 aliphatic carbocycles. The fraction of sp³-hybridized carbons (Fsp3) is 0.625. The summed E-state index contributed by atoms with van der Waals surface area (Å²) in [5, 5.41) is 0. The standard InChI is InChI=1S/C24H39O5P/c1-4-7-8-9-10-11-12-16-19-24(30(26,27-5-2)28-6-3)29-23(25)21-20-22-17-14-13-15-18-22/h13-15,17-18,20-21,24H,4-12,16,19H2,1-3H3. The number of unbranched alkanes of at least 4 members (excludes halogenated alkanes) is 7. The van der Waals surface area contributed by atoms with Gasteiger partial charge in [0.15, 0.2) is 0 Å². The van der Waals surface area contributed by atoms with Gasteiger partial charge in [0.25, 0.3) is 0 Å². The Morgan fingerprint density at radius 1 is 0.900 bits per heavy atom. The first kappa shape index (κ1) is 26.6. The molecule has 170 valence electrons. The molecule has 0 radical (unpaired) electrons. The molecule has 0 heterocycles. The van der Waals surface area contributed by atoms with Crippen LogP contribution in [-0.4, -0.2) is 25.0 Å². The molecule has 0 aliphatic heterocycles. The number of rotatable bonds is 17. The molecule has 0 saturated heterocycles. The lowest BCUT2D eigenvalue weighted by Crippen LogP contribution is -2.20. The highest BCUT2D eigenvalue weighted by atomic mass is 31.2. The van der Waals surface area contributed by atoms with Crippen molar-refractivity contribution in [2.45, 2.75) is 84.4 Å². The molecular formula is C24H39O5P. The molecule has 1 rings (SSSR count). The molecule has 1 aromatic carbocycles. The Kier molecular flexibility index (Phi) is 14.5. The van der Waals surface area contributed by atoms with Crippen LogP contribution in [0.1, 0.15) is 84.1 Å². The average Bonchev–Trinajstić information content (AvgIpc) is 2.74. The van der Waals surface area contributed by atoms with Crippen LogP contribution in [0.5, 0.6) is 0 Å². The van der Waals surface area contributed by atoms with Crippen LogP contribution in [0.15, 0.2) is 36.4 Å². The predicted octanol–water partition coefficient (Wildman–Crippen LogP) is 7.37. The SMILES string of the molecule is CCCCCCCCCCC(OC(=O)C=Cc1ccccc1)P(=O)(OCC)OCC. The number of carbonyl (C=O) groups is 1. The van der Waals surface area contributed by atoms with E-state index in [0.29, 0.717) is 6.42 Å². The summed E-state index contributed by atoms with van der Waals surface area (Å²) in [6, 6.07) is 9.50. The van der Waals surface area contributed by atoms with Crippen molar-refractivity contribution in [1.82, 2.24) is 0 Å². The first-order valence-electron chi connectivity index (χ1n) is 11.4. The smallest absolute Gasteiger partial charge is 0.370 e. The van der Waals surface area contributed by atoms with Gasteiger partial charge in [0, 0.05) is 6.08 Å².